The summed E-state index contributed by atoms with van der Waals surface area (Å²) in [7, 11) is 1.45. The van der Waals surface area contributed by atoms with Gasteiger partial charge in [-0.1, -0.05) is 0 Å². The normalized spacial score (nSPS) is 16.2. The Morgan fingerprint density at radius 1 is 1.17 bits per heavy atom. The molecule has 1 aromatic heterocycles. The molecule has 1 aromatic carbocycles. The Balaban J connectivity index is 1.52. The van der Waals surface area contributed by atoms with Crippen LogP contribution in [-0.4, -0.2) is 41.2 Å². The number of nitrogens with one attached hydrogen (secondary N) is 1. The summed E-state index contributed by atoms with van der Waals surface area (Å²) in [6.07, 6.45) is 0.863. The van der Waals surface area contributed by atoms with Gasteiger partial charge >= 0.3 is 6.03 Å². The Morgan fingerprint density at radius 3 is 2.79 bits per heavy atom. The zero-order valence-electron chi connectivity index (χ0n) is 13.0. The highest BCUT2D eigenvalue weighted by Gasteiger charge is 2.33. The monoisotopic (exact) mass is 341 g/mol. The second kappa shape index (κ2) is 5.45. The van der Waals surface area contributed by atoms with Gasteiger partial charge in [-0.15, -0.1) is 11.3 Å². The van der Waals surface area contributed by atoms with Crippen LogP contribution in [0.1, 0.15) is 31.2 Å². The summed E-state index contributed by atoms with van der Waals surface area (Å²) < 4.78 is 0. The molecular formula is C17H15N3O3S. The SMILES string of the molecule is CN1C(=O)c2ccc(NC(=O)N3CCc4sccc4C3)cc2C1=O. The van der Waals surface area contributed by atoms with Crippen LogP contribution in [0, 0.1) is 0 Å². The minimum Gasteiger partial charge on any atom is -0.320 e. The maximum atomic E-state index is 12.5. The van der Waals surface area contributed by atoms with Crippen molar-refractivity contribution in [2.24, 2.45) is 0 Å². The highest BCUT2D eigenvalue weighted by Crippen LogP contribution is 2.26. The predicted molar refractivity (Wildman–Crippen MR) is 90.3 cm³/mol. The van der Waals surface area contributed by atoms with E-state index in [2.05, 4.69) is 11.4 Å². The third-order valence-corrected chi connectivity index (χ3v) is 5.46. The number of urea groups is 1. The van der Waals surface area contributed by atoms with Crippen LogP contribution in [-0.2, 0) is 13.0 Å². The molecule has 2 aliphatic rings. The van der Waals surface area contributed by atoms with Crippen LogP contribution in [0.5, 0.6) is 0 Å². The van der Waals surface area contributed by atoms with Gasteiger partial charge in [0.05, 0.1) is 11.1 Å². The van der Waals surface area contributed by atoms with E-state index in [1.807, 2.05) is 5.38 Å². The van der Waals surface area contributed by atoms with Crippen LogP contribution in [0.3, 0.4) is 0 Å². The Labute approximate surface area is 142 Å². The molecule has 0 radical (unpaired) electrons. The van der Waals surface area contributed by atoms with Gasteiger partial charge in [0.15, 0.2) is 0 Å². The van der Waals surface area contributed by atoms with Crippen LogP contribution >= 0.6 is 11.3 Å². The first kappa shape index (κ1) is 14.9. The first-order valence-corrected chi connectivity index (χ1v) is 8.50. The van der Waals surface area contributed by atoms with Crippen LogP contribution in [0.2, 0.25) is 0 Å². The van der Waals surface area contributed by atoms with Gasteiger partial charge in [0.1, 0.15) is 0 Å². The standard InChI is InChI=1S/C17H15N3O3S/c1-19-15(21)12-3-2-11(8-13(12)16(19)22)18-17(23)20-6-4-14-10(9-20)5-7-24-14/h2-3,5,7-8H,4,6,9H2,1H3,(H,18,23). The number of thiophene rings is 1. The molecule has 3 heterocycles. The van der Waals surface area contributed by atoms with E-state index >= 15 is 0 Å². The molecule has 4 amide bonds. The number of hydrogen-bond donors (Lipinski definition) is 1. The van der Waals surface area contributed by atoms with Crippen molar-refractivity contribution < 1.29 is 14.4 Å². The van der Waals surface area contributed by atoms with E-state index in [0.29, 0.717) is 29.9 Å². The number of rotatable bonds is 1. The molecule has 0 spiro atoms. The quantitative estimate of drug-likeness (QED) is 0.811. The van der Waals surface area contributed by atoms with Gasteiger partial charge in [0.2, 0.25) is 0 Å². The van der Waals surface area contributed by atoms with Gasteiger partial charge in [-0.3, -0.25) is 14.5 Å². The molecule has 0 saturated carbocycles. The summed E-state index contributed by atoms with van der Waals surface area (Å²) in [6.45, 7) is 1.26. The Morgan fingerprint density at radius 2 is 1.96 bits per heavy atom. The summed E-state index contributed by atoms with van der Waals surface area (Å²) in [5.74, 6) is -0.652. The molecule has 0 fully saturated rings. The third-order valence-electron chi connectivity index (χ3n) is 4.44. The fourth-order valence-electron chi connectivity index (χ4n) is 3.06. The van der Waals surface area contributed by atoms with Crippen LogP contribution in [0.25, 0.3) is 0 Å². The molecule has 0 saturated heterocycles. The second-order valence-electron chi connectivity index (χ2n) is 5.90. The first-order chi connectivity index (χ1) is 11.5. The van der Waals surface area contributed by atoms with Gasteiger partial charge in [-0.25, -0.2) is 4.79 Å². The Kier molecular flexibility index (Phi) is 3.38. The molecule has 0 atom stereocenters. The molecule has 7 heteroatoms. The average Bonchev–Trinajstić information content (AvgIpc) is 3.14. The lowest BCUT2D eigenvalue weighted by Gasteiger charge is -2.27. The zero-order valence-corrected chi connectivity index (χ0v) is 13.9. The molecule has 6 nitrogen and oxygen atoms in total. The molecule has 0 bridgehead atoms. The number of nitrogens with zero attached hydrogens (tertiary/aromatic N) is 2. The van der Waals surface area contributed by atoms with Gasteiger partial charge in [0, 0.05) is 30.7 Å². The summed E-state index contributed by atoms with van der Waals surface area (Å²) >= 11 is 1.72. The van der Waals surface area contributed by atoms with Crippen molar-refractivity contribution in [3.05, 3.63) is 51.2 Å². The van der Waals surface area contributed by atoms with Gasteiger partial charge in [-0.2, -0.15) is 0 Å². The number of amides is 4. The third kappa shape index (κ3) is 2.28. The predicted octanol–water partition coefficient (Wildman–Crippen LogP) is 2.56. The minimum absolute atomic E-state index is 0.197. The molecular weight excluding hydrogens is 326 g/mol. The fourth-order valence-corrected chi connectivity index (χ4v) is 3.95. The molecule has 24 heavy (non-hydrogen) atoms. The minimum atomic E-state index is -0.341. The van der Waals surface area contributed by atoms with Crippen molar-refractivity contribution in [2.45, 2.75) is 13.0 Å². The van der Waals surface area contributed by atoms with E-state index in [1.165, 1.54) is 17.5 Å². The number of carbonyl (C=O) groups excluding carboxylic acids is 3. The topological polar surface area (TPSA) is 69.7 Å². The van der Waals surface area contributed by atoms with Crippen molar-refractivity contribution in [2.75, 3.05) is 18.9 Å². The summed E-state index contributed by atoms with van der Waals surface area (Å²) in [4.78, 5) is 40.6. The van der Waals surface area contributed by atoms with E-state index in [-0.39, 0.29) is 17.8 Å². The summed E-state index contributed by atoms with van der Waals surface area (Å²) in [5.41, 5.74) is 2.42. The van der Waals surface area contributed by atoms with Crippen molar-refractivity contribution in [1.29, 1.82) is 0 Å². The van der Waals surface area contributed by atoms with E-state index in [9.17, 15) is 14.4 Å². The molecule has 2 aliphatic heterocycles. The summed E-state index contributed by atoms with van der Waals surface area (Å²) in [5, 5.41) is 4.87. The zero-order chi connectivity index (χ0) is 16.8. The first-order valence-electron chi connectivity index (χ1n) is 7.62. The van der Waals surface area contributed by atoms with Crippen molar-refractivity contribution in [3.8, 4) is 0 Å². The molecule has 122 valence electrons. The maximum absolute atomic E-state index is 12.5. The van der Waals surface area contributed by atoms with Gasteiger partial charge in [0.25, 0.3) is 11.8 Å². The largest absolute Gasteiger partial charge is 0.322 e. The lowest BCUT2D eigenvalue weighted by Crippen LogP contribution is -2.38. The second-order valence-corrected chi connectivity index (χ2v) is 6.90. The lowest BCUT2D eigenvalue weighted by molar-refractivity contribution is 0.0693. The highest BCUT2D eigenvalue weighted by molar-refractivity contribution is 7.10. The van der Waals surface area contributed by atoms with E-state index in [0.717, 1.165) is 11.3 Å². The van der Waals surface area contributed by atoms with Crippen LogP contribution < -0.4 is 5.32 Å². The fraction of sp³-hybridized carbons (Fsp3) is 0.235. The van der Waals surface area contributed by atoms with Crippen molar-refractivity contribution in [1.82, 2.24) is 9.80 Å². The molecule has 2 aromatic rings. The molecule has 0 unspecified atom stereocenters. The average molecular weight is 341 g/mol. The van der Waals surface area contributed by atoms with E-state index in [4.69, 9.17) is 0 Å². The Hall–Kier alpha value is -2.67. The summed E-state index contributed by atoms with van der Waals surface area (Å²) in [6, 6.07) is 6.66. The number of fused-ring (bicyclic) bond motifs is 2. The number of imide groups is 1. The highest BCUT2D eigenvalue weighted by atomic mass is 32.1. The van der Waals surface area contributed by atoms with Gasteiger partial charge < -0.3 is 10.2 Å². The van der Waals surface area contributed by atoms with Crippen LogP contribution in [0.15, 0.2) is 29.6 Å². The van der Waals surface area contributed by atoms with Crippen molar-refractivity contribution >= 4 is 34.9 Å². The number of carbonyl (C=O) groups is 3. The molecule has 1 N–H and O–H groups in total. The number of hydrogen-bond acceptors (Lipinski definition) is 4. The number of anilines is 1. The van der Waals surface area contributed by atoms with E-state index < -0.39 is 0 Å². The molecule has 4 rings (SSSR count). The number of benzene rings is 1. The Bertz CT molecular complexity index is 874. The lowest BCUT2D eigenvalue weighted by atomic mass is 10.1. The maximum Gasteiger partial charge on any atom is 0.322 e. The van der Waals surface area contributed by atoms with Crippen molar-refractivity contribution in [3.63, 3.8) is 0 Å². The van der Waals surface area contributed by atoms with Gasteiger partial charge in [-0.05, 0) is 41.6 Å². The van der Waals surface area contributed by atoms with E-state index in [1.54, 1.807) is 34.4 Å². The molecule has 0 aliphatic carbocycles. The van der Waals surface area contributed by atoms with Crippen LogP contribution in [0.4, 0.5) is 10.5 Å². The smallest absolute Gasteiger partial charge is 0.320 e.